The van der Waals surface area contributed by atoms with E-state index in [-0.39, 0.29) is 30.3 Å². The predicted octanol–water partition coefficient (Wildman–Crippen LogP) is 4.33. The van der Waals surface area contributed by atoms with Crippen LogP contribution in [0.2, 0.25) is 0 Å². The first-order valence-electron chi connectivity index (χ1n) is 9.18. The van der Waals surface area contributed by atoms with Crippen molar-refractivity contribution >= 4 is 17.9 Å². The van der Waals surface area contributed by atoms with Crippen molar-refractivity contribution in [3.05, 3.63) is 47.4 Å². The predicted molar refractivity (Wildman–Crippen MR) is 102 cm³/mol. The second-order valence-electron chi connectivity index (χ2n) is 7.38. The lowest BCUT2D eigenvalue weighted by atomic mass is 10.0. The van der Waals surface area contributed by atoms with Gasteiger partial charge in [0.2, 0.25) is 5.95 Å². The van der Waals surface area contributed by atoms with Crippen molar-refractivity contribution in [1.82, 2.24) is 9.97 Å². The summed E-state index contributed by atoms with van der Waals surface area (Å²) in [4.78, 5) is 21.6. The molecule has 3 rings (SSSR count). The van der Waals surface area contributed by atoms with E-state index in [1.54, 1.807) is 0 Å². The van der Waals surface area contributed by atoms with Gasteiger partial charge in [0.25, 0.3) is 0 Å². The minimum absolute atomic E-state index is 0.0513. The fraction of sp³-hybridized carbons (Fsp3) is 0.450. The van der Waals surface area contributed by atoms with Crippen LogP contribution in [0.1, 0.15) is 44.7 Å². The van der Waals surface area contributed by atoms with E-state index in [2.05, 4.69) is 41.3 Å². The molecule has 0 aliphatic carbocycles. The Morgan fingerprint density at radius 3 is 2.81 bits per heavy atom. The summed E-state index contributed by atoms with van der Waals surface area (Å²) in [6, 6.07) is 7.98. The van der Waals surface area contributed by atoms with Crippen LogP contribution in [0.5, 0.6) is 0 Å². The van der Waals surface area contributed by atoms with Gasteiger partial charge in [-0.15, -0.1) is 0 Å². The first-order valence-corrected chi connectivity index (χ1v) is 9.18. The molecule has 2 heterocycles. The number of anilines is 2. The van der Waals surface area contributed by atoms with Crippen molar-refractivity contribution in [3.8, 4) is 0 Å². The van der Waals surface area contributed by atoms with E-state index in [0.29, 0.717) is 12.5 Å². The van der Waals surface area contributed by atoms with Crippen LogP contribution in [0, 0.1) is 11.7 Å². The molecule has 6 nitrogen and oxygen atoms in total. The fourth-order valence-corrected chi connectivity index (χ4v) is 3.03. The number of halogens is 1. The van der Waals surface area contributed by atoms with Gasteiger partial charge < -0.3 is 10.1 Å². The van der Waals surface area contributed by atoms with Gasteiger partial charge >= 0.3 is 6.09 Å². The Kier molecular flexibility index (Phi) is 5.58. The molecule has 1 amide bonds. The van der Waals surface area contributed by atoms with Gasteiger partial charge in [-0.3, -0.25) is 4.90 Å². The normalized spacial score (nSPS) is 16.9. The summed E-state index contributed by atoms with van der Waals surface area (Å²) in [5, 5.41) is 3.11. The summed E-state index contributed by atoms with van der Waals surface area (Å²) >= 11 is 0. The summed E-state index contributed by atoms with van der Waals surface area (Å²) in [5.41, 5.74) is 2.32. The summed E-state index contributed by atoms with van der Waals surface area (Å²) < 4.78 is 19.4. The highest BCUT2D eigenvalue weighted by atomic mass is 19.1. The van der Waals surface area contributed by atoms with Crippen molar-refractivity contribution in [2.24, 2.45) is 5.92 Å². The number of amides is 1. The van der Waals surface area contributed by atoms with Crippen LogP contribution >= 0.6 is 0 Å². The topological polar surface area (TPSA) is 67.4 Å². The Morgan fingerprint density at radius 1 is 1.33 bits per heavy atom. The lowest BCUT2D eigenvalue weighted by Crippen LogP contribution is -2.38. The minimum Gasteiger partial charge on any atom is -0.447 e. The fourth-order valence-electron chi connectivity index (χ4n) is 3.03. The second-order valence-corrected chi connectivity index (χ2v) is 7.38. The van der Waals surface area contributed by atoms with Crippen molar-refractivity contribution in [2.45, 2.75) is 46.2 Å². The van der Waals surface area contributed by atoms with Crippen molar-refractivity contribution < 1.29 is 13.9 Å². The van der Waals surface area contributed by atoms with E-state index >= 15 is 0 Å². The SMILES string of the molecule is CC(C)c1cccc(CNc2ncc(F)c(N3C(=O)OCC3C(C)C)n2)c1. The molecule has 0 saturated carbocycles. The molecule has 1 atom stereocenters. The van der Waals surface area contributed by atoms with Crippen LogP contribution in [-0.2, 0) is 11.3 Å². The van der Waals surface area contributed by atoms with Gasteiger partial charge in [-0.2, -0.15) is 4.98 Å². The molecule has 0 bridgehead atoms. The number of nitrogens with zero attached hydrogens (tertiary/aromatic N) is 3. The van der Waals surface area contributed by atoms with Gasteiger partial charge in [0.15, 0.2) is 11.6 Å². The number of benzene rings is 1. The molecule has 1 aliphatic heterocycles. The Bertz CT molecular complexity index is 825. The van der Waals surface area contributed by atoms with Crippen molar-refractivity contribution in [1.29, 1.82) is 0 Å². The third-order valence-electron chi connectivity index (χ3n) is 4.70. The van der Waals surface area contributed by atoms with Gasteiger partial charge in [0.05, 0.1) is 12.2 Å². The molecule has 0 spiro atoms. The summed E-state index contributed by atoms with van der Waals surface area (Å²) in [6.07, 6.45) is 0.500. The molecule has 1 N–H and O–H groups in total. The smallest absolute Gasteiger partial charge is 0.416 e. The standard InChI is InChI=1S/C20H25FN4O2/c1-12(2)15-7-5-6-14(8-15)9-22-19-23-10-16(21)18(24-19)25-17(13(3)4)11-27-20(25)26/h5-8,10,12-13,17H,9,11H2,1-4H3,(H,22,23,24). The van der Waals surface area contributed by atoms with Crippen LogP contribution in [-0.4, -0.2) is 28.7 Å². The number of aromatic nitrogens is 2. The van der Waals surface area contributed by atoms with Crippen LogP contribution < -0.4 is 10.2 Å². The Balaban J connectivity index is 1.79. The lowest BCUT2D eigenvalue weighted by Gasteiger charge is -2.23. The molecule has 1 aromatic heterocycles. The number of carbonyl (C=O) groups excluding carboxylic acids is 1. The van der Waals surface area contributed by atoms with Gasteiger partial charge in [0, 0.05) is 6.54 Å². The maximum absolute atomic E-state index is 14.3. The summed E-state index contributed by atoms with van der Waals surface area (Å²) in [6.45, 7) is 8.93. The number of hydrogen-bond donors (Lipinski definition) is 1. The second kappa shape index (κ2) is 7.90. The van der Waals surface area contributed by atoms with Crippen LogP contribution in [0.15, 0.2) is 30.5 Å². The van der Waals surface area contributed by atoms with Gasteiger partial charge in [0.1, 0.15) is 6.61 Å². The largest absolute Gasteiger partial charge is 0.447 e. The number of nitrogens with one attached hydrogen (secondary N) is 1. The van der Waals surface area contributed by atoms with E-state index in [1.807, 2.05) is 26.0 Å². The van der Waals surface area contributed by atoms with E-state index in [0.717, 1.165) is 11.8 Å². The van der Waals surface area contributed by atoms with Gasteiger partial charge in [-0.1, -0.05) is 52.0 Å². The molecular weight excluding hydrogens is 347 g/mol. The van der Waals surface area contributed by atoms with Crippen molar-refractivity contribution in [3.63, 3.8) is 0 Å². The van der Waals surface area contributed by atoms with E-state index < -0.39 is 11.9 Å². The van der Waals surface area contributed by atoms with E-state index in [4.69, 9.17) is 4.74 Å². The monoisotopic (exact) mass is 372 g/mol. The average molecular weight is 372 g/mol. The first-order chi connectivity index (χ1) is 12.9. The Labute approximate surface area is 158 Å². The zero-order valence-electron chi connectivity index (χ0n) is 16.1. The molecule has 144 valence electrons. The maximum atomic E-state index is 14.3. The zero-order valence-corrected chi connectivity index (χ0v) is 16.1. The average Bonchev–Trinajstić information content (AvgIpc) is 3.03. The quantitative estimate of drug-likeness (QED) is 0.817. The Morgan fingerprint density at radius 2 is 2.11 bits per heavy atom. The minimum atomic E-state index is -0.646. The van der Waals surface area contributed by atoms with Crippen LogP contribution in [0.25, 0.3) is 0 Å². The van der Waals surface area contributed by atoms with Gasteiger partial charge in [-0.25, -0.2) is 14.2 Å². The highest BCUT2D eigenvalue weighted by Gasteiger charge is 2.38. The summed E-state index contributed by atoms with van der Waals surface area (Å²) in [7, 11) is 0. The number of ether oxygens (including phenoxy) is 1. The van der Waals surface area contributed by atoms with E-state index in [9.17, 15) is 9.18 Å². The zero-order chi connectivity index (χ0) is 19.6. The Hall–Kier alpha value is -2.70. The molecular formula is C20H25FN4O2. The highest BCUT2D eigenvalue weighted by Crippen LogP contribution is 2.28. The highest BCUT2D eigenvalue weighted by molar-refractivity contribution is 5.89. The molecule has 2 aromatic rings. The van der Waals surface area contributed by atoms with E-state index in [1.165, 1.54) is 10.5 Å². The number of rotatable bonds is 6. The molecule has 1 aliphatic rings. The molecule has 27 heavy (non-hydrogen) atoms. The molecule has 1 fully saturated rings. The lowest BCUT2D eigenvalue weighted by molar-refractivity contribution is 0.177. The molecule has 1 unspecified atom stereocenters. The van der Waals surface area contributed by atoms with Gasteiger partial charge in [-0.05, 0) is 23.0 Å². The molecule has 7 heteroatoms. The summed E-state index contributed by atoms with van der Waals surface area (Å²) in [5.74, 6) is 0.119. The number of hydrogen-bond acceptors (Lipinski definition) is 5. The molecule has 1 aromatic carbocycles. The number of carbonyl (C=O) groups is 1. The molecule has 1 saturated heterocycles. The first kappa shape index (κ1) is 19.1. The third kappa shape index (κ3) is 4.18. The maximum Gasteiger partial charge on any atom is 0.416 e. The third-order valence-corrected chi connectivity index (χ3v) is 4.70. The number of cyclic esters (lactones) is 1. The molecule has 0 radical (unpaired) electrons. The van der Waals surface area contributed by atoms with Crippen molar-refractivity contribution in [2.75, 3.05) is 16.8 Å². The van der Waals surface area contributed by atoms with Crippen LogP contribution in [0.3, 0.4) is 0 Å². The van der Waals surface area contributed by atoms with Crippen LogP contribution in [0.4, 0.5) is 21.0 Å².